The number of hydrogen-bond acceptors (Lipinski definition) is 2. The Hall–Kier alpha value is -0.970. The number of hydrogen-bond donors (Lipinski definition) is 0. The van der Waals surface area contributed by atoms with Gasteiger partial charge in [-0.05, 0) is 19.3 Å². The molecule has 0 aromatic rings. The predicted octanol–water partition coefficient (Wildman–Crippen LogP) is 1.74. The standard InChI is InChI=1S/C9H14O2/c1-2-8-11-9-6-4-3-5-7-10/h7H,3-6,9H2,1H3. The lowest BCUT2D eigenvalue weighted by molar-refractivity contribution is -0.107. The molecule has 0 saturated carbocycles. The van der Waals surface area contributed by atoms with E-state index in [1.165, 1.54) is 0 Å². The first-order valence-corrected chi connectivity index (χ1v) is 3.89. The second kappa shape index (κ2) is 9.03. The summed E-state index contributed by atoms with van der Waals surface area (Å²) in [4.78, 5) is 9.89. The van der Waals surface area contributed by atoms with Crippen molar-refractivity contribution in [2.45, 2.75) is 32.6 Å². The Morgan fingerprint density at radius 1 is 1.36 bits per heavy atom. The summed E-state index contributed by atoms with van der Waals surface area (Å²) >= 11 is 0. The first-order valence-electron chi connectivity index (χ1n) is 3.89. The van der Waals surface area contributed by atoms with Gasteiger partial charge in [0.15, 0.2) is 0 Å². The van der Waals surface area contributed by atoms with Gasteiger partial charge in [0.05, 0.1) is 0 Å². The van der Waals surface area contributed by atoms with E-state index in [1.54, 1.807) is 6.92 Å². The molecule has 0 aliphatic heterocycles. The molecular weight excluding hydrogens is 140 g/mol. The summed E-state index contributed by atoms with van der Waals surface area (Å²) in [6.45, 7) is 2.42. The van der Waals surface area contributed by atoms with E-state index in [-0.39, 0.29) is 0 Å². The van der Waals surface area contributed by atoms with Crippen LogP contribution in [0.2, 0.25) is 0 Å². The molecule has 0 radical (unpaired) electrons. The summed E-state index contributed by atoms with van der Waals surface area (Å²) in [5.74, 6) is 2.64. The van der Waals surface area contributed by atoms with Gasteiger partial charge in [0.1, 0.15) is 19.0 Å². The van der Waals surface area contributed by atoms with Gasteiger partial charge in [-0.25, -0.2) is 0 Å². The first kappa shape index (κ1) is 10.0. The molecule has 0 bridgehead atoms. The summed E-state index contributed by atoms with van der Waals surface area (Å²) in [6.07, 6.45) is 7.14. The van der Waals surface area contributed by atoms with E-state index in [0.717, 1.165) is 25.5 Å². The van der Waals surface area contributed by atoms with E-state index >= 15 is 0 Å². The Morgan fingerprint density at radius 2 is 2.18 bits per heavy atom. The van der Waals surface area contributed by atoms with E-state index in [4.69, 9.17) is 4.74 Å². The van der Waals surface area contributed by atoms with Crippen molar-refractivity contribution in [2.75, 3.05) is 6.61 Å². The second-order valence-electron chi connectivity index (χ2n) is 2.22. The van der Waals surface area contributed by atoms with Gasteiger partial charge >= 0.3 is 0 Å². The van der Waals surface area contributed by atoms with Crippen molar-refractivity contribution in [3.05, 3.63) is 0 Å². The van der Waals surface area contributed by atoms with E-state index in [9.17, 15) is 4.79 Å². The monoisotopic (exact) mass is 154 g/mol. The van der Waals surface area contributed by atoms with Gasteiger partial charge in [-0.15, -0.1) is 0 Å². The molecule has 0 atom stereocenters. The molecule has 2 heteroatoms. The van der Waals surface area contributed by atoms with Crippen LogP contribution in [0.4, 0.5) is 0 Å². The Bertz CT molecular complexity index is 141. The average Bonchev–Trinajstić information content (AvgIpc) is 2.03. The molecule has 11 heavy (non-hydrogen) atoms. The summed E-state index contributed by atoms with van der Waals surface area (Å²) in [6, 6.07) is 0. The quantitative estimate of drug-likeness (QED) is 0.331. The van der Waals surface area contributed by atoms with Crippen LogP contribution in [0.15, 0.2) is 0 Å². The number of carbonyl (C=O) groups is 1. The van der Waals surface area contributed by atoms with E-state index in [1.807, 2.05) is 0 Å². The molecule has 0 aromatic heterocycles. The maximum absolute atomic E-state index is 9.89. The van der Waals surface area contributed by atoms with Crippen LogP contribution in [0.3, 0.4) is 0 Å². The van der Waals surface area contributed by atoms with Crippen LogP contribution >= 0.6 is 0 Å². The third-order valence-electron chi connectivity index (χ3n) is 1.24. The molecule has 62 valence electrons. The zero-order valence-electron chi connectivity index (χ0n) is 6.93. The number of aldehydes is 1. The summed E-state index contributed by atoms with van der Waals surface area (Å²) in [7, 11) is 0. The summed E-state index contributed by atoms with van der Waals surface area (Å²) in [5, 5.41) is 0. The third-order valence-corrected chi connectivity index (χ3v) is 1.24. The second-order valence-corrected chi connectivity index (χ2v) is 2.22. The van der Waals surface area contributed by atoms with Gasteiger partial charge in [-0.2, -0.15) is 0 Å². The molecule has 0 aliphatic carbocycles. The largest absolute Gasteiger partial charge is 0.447 e. The van der Waals surface area contributed by atoms with Crippen LogP contribution in [-0.4, -0.2) is 12.9 Å². The molecule has 0 heterocycles. The summed E-state index contributed by atoms with van der Waals surface area (Å²) < 4.78 is 4.91. The molecule has 0 rings (SSSR count). The minimum atomic E-state index is 0.666. The fourth-order valence-electron chi connectivity index (χ4n) is 0.702. The van der Waals surface area contributed by atoms with Gasteiger partial charge in [-0.3, -0.25) is 0 Å². The predicted molar refractivity (Wildman–Crippen MR) is 43.9 cm³/mol. The van der Waals surface area contributed by atoms with Crippen molar-refractivity contribution in [2.24, 2.45) is 0 Å². The molecular formula is C9H14O2. The number of unbranched alkanes of at least 4 members (excludes halogenated alkanes) is 3. The average molecular weight is 154 g/mol. The van der Waals surface area contributed by atoms with Crippen molar-refractivity contribution in [3.63, 3.8) is 0 Å². The van der Waals surface area contributed by atoms with Crippen molar-refractivity contribution >= 4 is 6.29 Å². The number of rotatable bonds is 6. The highest BCUT2D eigenvalue weighted by Crippen LogP contribution is 1.97. The smallest absolute Gasteiger partial charge is 0.119 e. The van der Waals surface area contributed by atoms with Crippen molar-refractivity contribution in [3.8, 4) is 12.0 Å². The number of carbonyl (C=O) groups excluding carboxylic acids is 1. The van der Waals surface area contributed by atoms with Crippen molar-refractivity contribution < 1.29 is 9.53 Å². The summed E-state index contributed by atoms with van der Waals surface area (Å²) in [5.41, 5.74) is 0. The molecule has 0 spiro atoms. The molecule has 2 nitrogen and oxygen atoms in total. The lowest BCUT2D eigenvalue weighted by Crippen LogP contribution is -1.88. The van der Waals surface area contributed by atoms with Crippen LogP contribution in [-0.2, 0) is 9.53 Å². The molecule has 0 N–H and O–H groups in total. The molecule has 0 saturated heterocycles. The Balaban J connectivity index is 2.88. The van der Waals surface area contributed by atoms with Gasteiger partial charge < -0.3 is 9.53 Å². The Kier molecular flexibility index (Phi) is 8.23. The van der Waals surface area contributed by atoms with E-state index < -0.39 is 0 Å². The SMILES string of the molecule is CC#COCCCCCC=O. The molecule has 0 amide bonds. The molecule has 0 unspecified atom stereocenters. The maximum atomic E-state index is 9.89. The molecule has 0 aliphatic rings. The lowest BCUT2D eigenvalue weighted by atomic mass is 10.2. The Labute approximate surface area is 67.9 Å². The highest BCUT2D eigenvalue weighted by molar-refractivity contribution is 5.48. The van der Waals surface area contributed by atoms with Gasteiger partial charge in [0, 0.05) is 13.3 Å². The highest BCUT2D eigenvalue weighted by Gasteiger charge is 1.87. The number of ether oxygens (including phenoxy) is 1. The molecule has 0 aromatic carbocycles. The highest BCUT2D eigenvalue weighted by atomic mass is 16.5. The van der Waals surface area contributed by atoms with Crippen LogP contribution in [0.25, 0.3) is 0 Å². The van der Waals surface area contributed by atoms with Gasteiger partial charge in [0.25, 0.3) is 0 Å². The van der Waals surface area contributed by atoms with Crippen LogP contribution in [0.5, 0.6) is 0 Å². The van der Waals surface area contributed by atoms with Crippen molar-refractivity contribution in [1.29, 1.82) is 0 Å². The van der Waals surface area contributed by atoms with Crippen LogP contribution in [0, 0.1) is 12.0 Å². The topological polar surface area (TPSA) is 26.3 Å². The van der Waals surface area contributed by atoms with Crippen molar-refractivity contribution in [1.82, 2.24) is 0 Å². The fraction of sp³-hybridized carbons (Fsp3) is 0.667. The fourth-order valence-corrected chi connectivity index (χ4v) is 0.702. The van der Waals surface area contributed by atoms with Gasteiger partial charge in [0.2, 0.25) is 0 Å². The normalized spacial score (nSPS) is 8.09. The minimum Gasteiger partial charge on any atom is -0.447 e. The maximum Gasteiger partial charge on any atom is 0.119 e. The van der Waals surface area contributed by atoms with E-state index in [2.05, 4.69) is 12.0 Å². The zero-order chi connectivity index (χ0) is 8.36. The lowest BCUT2D eigenvalue weighted by Gasteiger charge is -1.95. The minimum absolute atomic E-state index is 0.666. The van der Waals surface area contributed by atoms with Crippen LogP contribution < -0.4 is 0 Å². The Morgan fingerprint density at radius 3 is 2.82 bits per heavy atom. The first-order chi connectivity index (χ1) is 5.41. The van der Waals surface area contributed by atoms with Gasteiger partial charge in [-0.1, -0.05) is 5.92 Å². The zero-order valence-corrected chi connectivity index (χ0v) is 6.93. The third kappa shape index (κ3) is 9.03. The van der Waals surface area contributed by atoms with Crippen LogP contribution in [0.1, 0.15) is 32.6 Å². The molecule has 0 fully saturated rings. The van der Waals surface area contributed by atoms with E-state index in [0.29, 0.717) is 13.0 Å².